The van der Waals surface area contributed by atoms with Crippen molar-refractivity contribution < 1.29 is 9.18 Å². The normalized spacial score (nSPS) is 10.3. The standard InChI is InChI=1S/C16H17FN2O/c1-19(11-13-8-6-12(10-18)7-9-13)16(20)14-4-2-3-5-15(14)17/h2-9H,10-11,18H2,1H3. The van der Waals surface area contributed by atoms with Crippen molar-refractivity contribution in [3.63, 3.8) is 0 Å². The van der Waals surface area contributed by atoms with Crippen LogP contribution in [-0.4, -0.2) is 17.9 Å². The van der Waals surface area contributed by atoms with E-state index < -0.39 is 5.82 Å². The first kappa shape index (κ1) is 14.2. The summed E-state index contributed by atoms with van der Waals surface area (Å²) in [5, 5.41) is 0. The molecule has 0 aliphatic heterocycles. The van der Waals surface area contributed by atoms with Crippen LogP contribution in [0.25, 0.3) is 0 Å². The van der Waals surface area contributed by atoms with Crippen LogP contribution in [0.4, 0.5) is 4.39 Å². The molecule has 2 aromatic rings. The van der Waals surface area contributed by atoms with E-state index in [-0.39, 0.29) is 11.5 Å². The molecule has 20 heavy (non-hydrogen) atoms. The van der Waals surface area contributed by atoms with Crippen LogP contribution in [0, 0.1) is 5.82 Å². The number of rotatable bonds is 4. The van der Waals surface area contributed by atoms with Crippen molar-refractivity contribution in [3.05, 3.63) is 71.0 Å². The number of hydrogen-bond donors (Lipinski definition) is 1. The zero-order valence-corrected chi connectivity index (χ0v) is 11.3. The van der Waals surface area contributed by atoms with Gasteiger partial charge in [-0.15, -0.1) is 0 Å². The van der Waals surface area contributed by atoms with Crippen LogP contribution in [0.15, 0.2) is 48.5 Å². The van der Waals surface area contributed by atoms with Gasteiger partial charge in [-0.25, -0.2) is 4.39 Å². The minimum atomic E-state index is -0.497. The quantitative estimate of drug-likeness (QED) is 0.929. The van der Waals surface area contributed by atoms with Crippen molar-refractivity contribution in [2.24, 2.45) is 5.73 Å². The van der Waals surface area contributed by atoms with Crippen molar-refractivity contribution in [2.75, 3.05) is 7.05 Å². The number of carbonyl (C=O) groups is 1. The van der Waals surface area contributed by atoms with E-state index in [4.69, 9.17) is 5.73 Å². The third-order valence-corrected chi connectivity index (χ3v) is 3.13. The van der Waals surface area contributed by atoms with E-state index in [1.807, 2.05) is 24.3 Å². The number of amides is 1. The zero-order chi connectivity index (χ0) is 14.5. The predicted octanol–water partition coefficient (Wildman–Crippen LogP) is 2.56. The van der Waals surface area contributed by atoms with Crippen LogP contribution in [-0.2, 0) is 13.1 Å². The topological polar surface area (TPSA) is 46.3 Å². The minimum Gasteiger partial charge on any atom is -0.337 e. The highest BCUT2D eigenvalue weighted by Gasteiger charge is 2.15. The van der Waals surface area contributed by atoms with Gasteiger partial charge >= 0.3 is 0 Å². The summed E-state index contributed by atoms with van der Waals surface area (Å²) in [5.74, 6) is -0.825. The van der Waals surface area contributed by atoms with Gasteiger partial charge in [-0.05, 0) is 23.3 Å². The Kier molecular flexibility index (Phi) is 4.48. The second-order valence-electron chi connectivity index (χ2n) is 4.66. The SMILES string of the molecule is CN(Cc1ccc(CN)cc1)C(=O)c1ccccc1F. The lowest BCUT2D eigenvalue weighted by Crippen LogP contribution is -2.27. The Morgan fingerprint density at radius 3 is 2.30 bits per heavy atom. The van der Waals surface area contributed by atoms with E-state index in [1.165, 1.54) is 17.0 Å². The molecular formula is C16H17FN2O. The summed E-state index contributed by atoms with van der Waals surface area (Å²) < 4.78 is 13.6. The van der Waals surface area contributed by atoms with Crippen LogP contribution in [0.5, 0.6) is 0 Å². The summed E-state index contributed by atoms with van der Waals surface area (Å²) in [7, 11) is 1.66. The summed E-state index contributed by atoms with van der Waals surface area (Å²) in [5.41, 5.74) is 7.65. The van der Waals surface area contributed by atoms with Gasteiger partial charge in [0.05, 0.1) is 5.56 Å². The number of benzene rings is 2. The molecule has 0 aromatic heterocycles. The Balaban J connectivity index is 2.09. The van der Waals surface area contributed by atoms with Crippen LogP contribution < -0.4 is 5.73 Å². The van der Waals surface area contributed by atoms with Crippen molar-refractivity contribution >= 4 is 5.91 Å². The Bertz CT molecular complexity index is 596. The van der Waals surface area contributed by atoms with Crippen LogP contribution in [0.1, 0.15) is 21.5 Å². The van der Waals surface area contributed by atoms with E-state index in [9.17, 15) is 9.18 Å². The lowest BCUT2D eigenvalue weighted by Gasteiger charge is -2.17. The molecule has 0 saturated carbocycles. The van der Waals surface area contributed by atoms with Gasteiger partial charge < -0.3 is 10.6 Å². The van der Waals surface area contributed by atoms with Crippen molar-refractivity contribution in [2.45, 2.75) is 13.1 Å². The highest BCUT2D eigenvalue weighted by atomic mass is 19.1. The molecule has 104 valence electrons. The summed E-state index contributed by atoms with van der Waals surface area (Å²) >= 11 is 0. The Labute approximate surface area is 117 Å². The van der Waals surface area contributed by atoms with Crippen LogP contribution in [0.2, 0.25) is 0 Å². The maximum atomic E-state index is 13.6. The number of hydrogen-bond acceptors (Lipinski definition) is 2. The van der Waals surface area contributed by atoms with Gasteiger partial charge in [-0.1, -0.05) is 36.4 Å². The largest absolute Gasteiger partial charge is 0.337 e. The number of halogens is 1. The fraction of sp³-hybridized carbons (Fsp3) is 0.188. The molecule has 0 radical (unpaired) electrons. The molecule has 0 saturated heterocycles. The summed E-state index contributed by atoms with van der Waals surface area (Å²) in [6, 6.07) is 13.7. The maximum Gasteiger partial charge on any atom is 0.256 e. The number of nitrogens with zero attached hydrogens (tertiary/aromatic N) is 1. The first-order valence-electron chi connectivity index (χ1n) is 6.39. The summed E-state index contributed by atoms with van der Waals surface area (Å²) in [6.07, 6.45) is 0. The lowest BCUT2D eigenvalue weighted by atomic mass is 10.1. The summed E-state index contributed by atoms with van der Waals surface area (Å²) in [4.78, 5) is 13.7. The average molecular weight is 272 g/mol. The van der Waals surface area contributed by atoms with E-state index in [0.717, 1.165) is 11.1 Å². The molecule has 0 fully saturated rings. The molecule has 0 unspecified atom stereocenters. The predicted molar refractivity (Wildman–Crippen MR) is 76.5 cm³/mol. The molecule has 0 atom stereocenters. The highest BCUT2D eigenvalue weighted by Crippen LogP contribution is 2.12. The maximum absolute atomic E-state index is 13.6. The molecule has 0 spiro atoms. The number of carbonyl (C=O) groups excluding carboxylic acids is 1. The van der Waals surface area contributed by atoms with Gasteiger partial charge in [0.25, 0.3) is 5.91 Å². The molecule has 0 heterocycles. The van der Waals surface area contributed by atoms with Gasteiger partial charge in [0, 0.05) is 20.1 Å². The summed E-state index contributed by atoms with van der Waals surface area (Å²) in [6.45, 7) is 0.919. The smallest absolute Gasteiger partial charge is 0.256 e. The van der Waals surface area contributed by atoms with Crippen molar-refractivity contribution in [1.82, 2.24) is 4.90 Å². The van der Waals surface area contributed by atoms with Gasteiger partial charge in [0.15, 0.2) is 0 Å². The molecule has 2 rings (SSSR count). The van der Waals surface area contributed by atoms with Gasteiger partial charge in [-0.3, -0.25) is 4.79 Å². The second kappa shape index (κ2) is 6.30. The fourth-order valence-electron chi connectivity index (χ4n) is 1.97. The minimum absolute atomic E-state index is 0.0913. The van der Waals surface area contributed by atoms with E-state index in [0.29, 0.717) is 13.1 Å². The van der Waals surface area contributed by atoms with Gasteiger partial charge in [0.2, 0.25) is 0 Å². The van der Waals surface area contributed by atoms with Crippen molar-refractivity contribution in [1.29, 1.82) is 0 Å². The van der Waals surface area contributed by atoms with Gasteiger partial charge in [0.1, 0.15) is 5.82 Å². The molecular weight excluding hydrogens is 255 g/mol. The Morgan fingerprint density at radius 1 is 1.10 bits per heavy atom. The fourth-order valence-corrected chi connectivity index (χ4v) is 1.97. The molecule has 0 aliphatic rings. The lowest BCUT2D eigenvalue weighted by molar-refractivity contribution is 0.0780. The third kappa shape index (κ3) is 3.22. The molecule has 2 aromatic carbocycles. The Hall–Kier alpha value is -2.20. The highest BCUT2D eigenvalue weighted by molar-refractivity contribution is 5.94. The van der Waals surface area contributed by atoms with E-state index >= 15 is 0 Å². The first-order valence-corrected chi connectivity index (χ1v) is 6.39. The Morgan fingerprint density at radius 2 is 1.70 bits per heavy atom. The molecule has 1 amide bonds. The third-order valence-electron chi connectivity index (χ3n) is 3.13. The van der Waals surface area contributed by atoms with Crippen LogP contribution >= 0.6 is 0 Å². The van der Waals surface area contributed by atoms with E-state index in [2.05, 4.69) is 0 Å². The molecule has 2 N–H and O–H groups in total. The van der Waals surface area contributed by atoms with Crippen molar-refractivity contribution in [3.8, 4) is 0 Å². The number of nitrogens with two attached hydrogens (primary N) is 1. The molecule has 3 nitrogen and oxygen atoms in total. The molecule has 0 bridgehead atoms. The molecule has 0 aliphatic carbocycles. The average Bonchev–Trinajstić information content (AvgIpc) is 2.48. The van der Waals surface area contributed by atoms with E-state index in [1.54, 1.807) is 19.2 Å². The monoisotopic (exact) mass is 272 g/mol. The zero-order valence-electron chi connectivity index (χ0n) is 11.3. The molecule has 4 heteroatoms. The van der Waals surface area contributed by atoms with Gasteiger partial charge in [-0.2, -0.15) is 0 Å². The first-order chi connectivity index (χ1) is 9.61. The van der Waals surface area contributed by atoms with Crippen LogP contribution in [0.3, 0.4) is 0 Å². The second-order valence-corrected chi connectivity index (χ2v) is 4.66.